The number of benzene rings is 1. The summed E-state index contributed by atoms with van der Waals surface area (Å²) in [6.07, 6.45) is 5.38. The fourth-order valence-corrected chi connectivity index (χ4v) is 2.31. The molecule has 2 rings (SSSR count). The summed E-state index contributed by atoms with van der Waals surface area (Å²) >= 11 is 0. The van der Waals surface area contributed by atoms with Crippen LogP contribution in [0.15, 0.2) is 23.2 Å². The fraction of sp³-hybridized carbons (Fsp3) is 0.400. The third-order valence-corrected chi connectivity index (χ3v) is 3.51. The standard InChI is InChI=1S/C15H19N3.ClH/c1-4-9-18-10-8-17-15(18)14(16)13-7-5-6-11(2)12(13)3;/h1,5-7,14H,8-10,16H2,2-3H3;1H. The smallest absolute Gasteiger partial charge is 0.122 e. The van der Waals surface area contributed by atoms with Crippen LogP contribution in [0.4, 0.5) is 0 Å². The van der Waals surface area contributed by atoms with E-state index in [1.807, 2.05) is 6.07 Å². The predicted octanol–water partition coefficient (Wildman–Crippen LogP) is 2.07. The number of rotatable bonds is 3. The zero-order valence-corrected chi connectivity index (χ0v) is 12.2. The van der Waals surface area contributed by atoms with E-state index in [4.69, 9.17) is 12.2 Å². The minimum absolute atomic E-state index is 0. The van der Waals surface area contributed by atoms with Gasteiger partial charge in [0.1, 0.15) is 5.84 Å². The van der Waals surface area contributed by atoms with Crippen LogP contribution < -0.4 is 5.73 Å². The van der Waals surface area contributed by atoms with Crippen molar-refractivity contribution in [3.05, 3.63) is 34.9 Å². The second-order valence-corrected chi connectivity index (χ2v) is 4.63. The van der Waals surface area contributed by atoms with Gasteiger partial charge >= 0.3 is 0 Å². The average molecular weight is 278 g/mol. The van der Waals surface area contributed by atoms with Crippen molar-refractivity contribution in [1.82, 2.24) is 4.90 Å². The summed E-state index contributed by atoms with van der Waals surface area (Å²) in [7, 11) is 0. The summed E-state index contributed by atoms with van der Waals surface area (Å²) in [5.41, 5.74) is 9.98. The van der Waals surface area contributed by atoms with Gasteiger partial charge in [-0.2, -0.15) is 0 Å². The molecule has 0 amide bonds. The molecule has 1 aromatic carbocycles. The molecule has 3 nitrogen and oxygen atoms in total. The molecule has 1 aromatic rings. The van der Waals surface area contributed by atoms with Crippen molar-refractivity contribution in [3.63, 3.8) is 0 Å². The fourth-order valence-electron chi connectivity index (χ4n) is 2.31. The summed E-state index contributed by atoms with van der Waals surface area (Å²) in [5.74, 6) is 3.58. The van der Waals surface area contributed by atoms with Crippen LogP contribution in [0.3, 0.4) is 0 Å². The molecule has 0 saturated carbocycles. The van der Waals surface area contributed by atoms with Crippen LogP contribution in [0.5, 0.6) is 0 Å². The molecule has 1 heterocycles. The maximum Gasteiger partial charge on any atom is 0.122 e. The van der Waals surface area contributed by atoms with Crippen LogP contribution in [0.2, 0.25) is 0 Å². The highest BCUT2D eigenvalue weighted by Crippen LogP contribution is 2.22. The zero-order valence-electron chi connectivity index (χ0n) is 11.4. The van der Waals surface area contributed by atoms with Crippen molar-refractivity contribution in [2.75, 3.05) is 19.6 Å². The maximum atomic E-state index is 6.35. The summed E-state index contributed by atoms with van der Waals surface area (Å²) in [5, 5.41) is 0. The third-order valence-electron chi connectivity index (χ3n) is 3.51. The molecule has 0 fully saturated rings. The Labute approximate surface area is 121 Å². The molecular weight excluding hydrogens is 258 g/mol. The molecule has 1 unspecified atom stereocenters. The first-order valence-electron chi connectivity index (χ1n) is 6.19. The van der Waals surface area contributed by atoms with Crippen LogP contribution in [0.25, 0.3) is 0 Å². The van der Waals surface area contributed by atoms with Gasteiger partial charge in [0.25, 0.3) is 0 Å². The van der Waals surface area contributed by atoms with E-state index >= 15 is 0 Å². The van der Waals surface area contributed by atoms with E-state index in [1.54, 1.807) is 0 Å². The molecular formula is C15H20ClN3. The summed E-state index contributed by atoms with van der Waals surface area (Å²) in [4.78, 5) is 6.59. The highest BCUT2D eigenvalue weighted by atomic mass is 35.5. The number of nitrogens with two attached hydrogens (primary N) is 1. The Bertz CT molecular complexity index is 517. The molecule has 0 radical (unpaired) electrons. The topological polar surface area (TPSA) is 41.6 Å². The first-order chi connectivity index (χ1) is 8.65. The van der Waals surface area contributed by atoms with Crippen molar-refractivity contribution >= 4 is 18.2 Å². The number of halogens is 1. The Morgan fingerprint density at radius 2 is 2.21 bits per heavy atom. The lowest BCUT2D eigenvalue weighted by molar-refractivity contribution is 0.497. The molecule has 1 aliphatic heterocycles. The van der Waals surface area contributed by atoms with E-state index in [9.17, 15) is 0 Å². The number of hydrogen-bond donors (Lipinski definition) is 1. The molecule has 0 saturated heterocycles. The summed E-state index contributed by atoms with van der Waals surface area (Å²) < 4.78 is 0. The minimum atomic E-state index is -0.180. The largest absolute Gasteiger partial charge is 0.346 e. The van der Waals surface area contributed by atoms with E-state index < -0.39 is 0 Å². The lowest BCUT2D eigenvalue weighted by Crippen LogP contribution is -2.36. The van der Waals surface area contributed by atoms with Crippen LogP contribution in [-0.4, -0.2) is 30.4 Å². The van der Waals surface area contributed by atoms with Gasteiger partial charge in [0, 0.05) is 6.54 Å². The van der Waals surface area contributed by atoms with E-state index in [2.05, 4.69) is 41.8 Å². The molecule has 2 N–H and O–H groups in total. The number of aliphatic imine (C=N–C) groups is 1. The molecule has 0 spiro atoms. The van der Waals surface area contributed by atoms with Crippen LogP contribution in [0.1, 0.15) is 22.7 Å². The first kappa shape index (κ1) is 15.6. The Balaban J connectivity index is 0.00000180. The van der Waals surface area contributed by atoms with E-state index in [0.29, 0.717) is 6.54 Å². The van der Waals surface area contributed by atoms with Crippen molar-refractivity contribution in [2.24, 2.45) is 10.7 Å². The quantitative estimate of drug-likeness (QED) is 0.860. The van der Waals surface area contributed by atoms with Gasteiger partial charge in [-0.1, -0.05) is 24.1 Å². The molecule has 0 aliphatic carbocycles. The van der Waals surface area contributed by atoms with Crippen molar-refractivity contribution in [1.29, 1.82) is 0 Å². The Hall–Kier alpha value is -1.50. The molecule has 102 valence electrons. The van der Waals surface area contributed by atoms with Crippen molar-refractivity contribution in [2.45, 2.75) is 19.9 Å². The second-order valence-electron chi connectivity index (χ2n) is 4.63. The van der Waals surface area contributed by atoms with Crippen LogP contribution in [0, 0.1) is 26.2 Å². The van der Waals surface area contributed by atoms with Gasteiger partial charge in [0.2, 0.25) is 0 Å². The van der Waals surface area contributed by atoms with E-state index in [-0.39, 0.29) is 18.4 Å². The van der Waals surface area contributed by atoms with Crippen molar-refractivity contribution < 1.29 is 0 Å². The van der Waals surface area contributed by atoms with Gasteiger partial charge in [0.05, 0.1) is 19.1 Å². The van der Waals surface area contributed by atoms with Crippen LogP contribution >= 0.6 is 12.4 Å². The Morgan fingerprint density at radius 1 is 1.47 bits per heavy atom. The minimum Gasteiger partial charge on any atom is -0.346 e. The Morgan fingerprint density at radius 3 is 2.89 bits per heavy atom. The number of aryl methyl sites for hydroxylation is 1. The van der Waals surface area contributed by atoms with Gasteiger partial charge < -0.3 is 10.6 Å². The molecule has 0 bridgehead atoms. The summed E-state index contributed by atoms with van der Waals surface area (Å²) in [6.45, 7) is 6.44. The van der Waals surface area contributed by atoms with Gasteiger partial charge in [-0.05, 0) is 30.5 Å². The molecule has 1 atom stereocenters. The first-order valence-corrected chi connectivity index (χ1v) is 6.19. The molecule has 1 aliphatic rings. The number of nitrogens with zero attached hydrogens (tertiary/aromatic N) is 2. The number of hydrogen-bond acceptors (Lipinski definition) is 3. The highest BCUT2D eigenvalue weighted by Gasteiger charge is 2.24. The third kappa shape index (κ3) is 3.09. The normalized spacial score (nSPS) is 15.5. The van der Waals surface area contributed by atoms with E-state index in [1.165, 1.54) is 11.1 Å². The average Bonchev–Trinajstić information content (AvgIpc) is 2.80. The maximum absolute atomic E-state index is 6.35. The predicted molar refractivity (Wildman–Crippen MR) is 82.8 cm³/mol. The molecule has 4 heteroatoms. The van der Waals surface area contributed by atoms with Gasteiger partial charge in [0.15, 0.2) is 0 Å². The monoisotopic (exact) mass is 277 g/mol. The van der Waals surface area contributed by atoms with Gasteiger partial charge in [-0.25, -0.2) is 0 Å². The SMILES string of the molecule is C#CCN1CCN=C1C(N)c1cccc(C)c1C.Cl. The zero-order chi connectivity index (χ0) is 13.1. The van der Waals surface area contributed by atoms with Gasteiger partial charge in [-0.3, -0.25) is 4.99 Å². The number of amidine groups is 1. The number of terminal acetylenes is 1. The molecule has 19 heavy (non-hydrogen) atoms. The lowest BCUT2D eigenvalue weighted by atomic mass is 9.97. The van der Waals surface area contributed by atoms with Crippen LogP contribution in [-0.2, 0) is 0 Å². The van der Waals surface area contributed by atoms with Crippen molar-refractivity contribution in [3.8, 4) is 12.3 Å². The van der Waals surface area contributed by atoms with Gasteiger partial charge in [-0.15, -0.1) is 18.8 Å². The lowest BCUT2D eigenvalue weighted by Gasteiger charge is -2.24. The Kier molecular flexibility index (Phi) is 5.41. The highest BCUT2D eigenvalue weighted by molar-refractivity contribution is 5.90. The van der Waals surface area contributed by atoms with E-state index in [0.717, 1.165) is 24.5 Å². The molecule has 0 aromatic heterocycles. The second kappa shape index (κ2) is 6.60. The summed E-state index contributed by atoms with van der Waals surface area (Å²) in [6, 6.07) is 6.03.